The van der Waals surface area contributed by atoms with E-state index in [9.17, 15) is 18.0 Å². The van der Waals surface area contributed by atoms with Crippen LogP contribution < -0.4 is 5.84 Å². The first-order valence-corrected chi connectivity index (χ1v) is 8.43. The Bertz CT molecular complexity index is 730. The normalized spacial score (nSPS) is 11.6. The molecule has 1 amide bonds. The van der Waals surface area contributed by atoms with Crippen LogP contribution in [0.2, 0.25) is 0 Å². The van der Waals surface area contributed by atoms with E-state index < -0.39 is 12.0 Å². The molecule has 0 unspecified atom stereocenters. The number of benzene rings is 1. The Hall–Kier alpha value is -2.23. The van der Waals surface area contributed by atoms with Crippen molar-refractivity contribution in [1.29, 1.82) is 0 Å². The van der Waals surface area contributed by atoms with Crippen LogP contribution in [0, 0.1) is 0 Å². The van der Waals surface area contributed by atoms with Crippen molar-refractivity contribution in [2.45, 2.75) is 31.2 Å². The van der Waals surface area contributed by atoms with Gasteiger partial charge in [-0.15, -0.1) is 10.2 Å². The highest BCUT2D eigenvalue weighted by molar-refractivity contribution is 7.99. The summed E-state index contributed by atoms with van der Waals surface area (Å²) in [7, 11) is 1.63. The third-order valence-corrected chi connectivity index (χ3v) is 4.45. The van der Waals surface area contributed by atoms with Crippen LogP contribution in [0.1, 0.15) is 23.9 Å². The first-order valence-electron chi connectivity index (χ1n) is 7.44. The maximum absolute atomic E-state index is 12.6. The predicted molar refractivity (Wildman–Crippen MR) is 88.2 cm³/mol. The lowest BCUT2D eigenvalue weighted by atomic mass is 10.1. The Labute approximate surface area is 147 Å². The van der Waals surface area contributed by atoms with Crippen molar-refractivity contribution in [1.82, 2.24) is 19.8 Å². The van der Waals surface area contributed by atoms with E-state index in [2.05, 4.69) is 17.1 Å². The van der Waals surface area contributed by atoms with Crippen LogP contribution >= 0.6 is 11.8 Å². The average molecular weight is 373 g/mol. The van der Waals surface area contributed by atoms with Gasteiger partial charge in [-0.2, -0.15) is 13.2 Å². The Morgan fingerprint density at radius 3 is 2.36 bits per heavy atom. The first-order chi connectivity index (χ1) is 11.7. The minimum Gasteiger partial charge on any atom is -0.341 e. The van der Waals surface area contributed by atoms with Crippen molar-refractivity contribution < 1.29 is 18.0 Å². The van der Waals surface area contributed by atoms with Gasteiger partial charge in [0.25, 0.3) is 5.82 Å². The fourth-order valence-corrected chi connectivity index (χ4v) is 2.84. The summed E-state index contributed by atoms with van der Waals surface area (Å²) in [5.41, 5.74) is 2.18. The van der Waals surface area contributed by atoms with Crippen molar-refractivity contribution in [3.05, 3.63) is 41.2 Å². The lowest BCUT2D eigenvalue weighted by Crippen LogP contribution is -2.28. The van der Waals surface area contributed by atoms with Crippen molar-refractivity contribution in [2.75, 3.05) is 18.6 Å². The molecule has 0 saturated heterocycles. The van der Waals surface area contributed by atoms with Crippen LogP contribution in [0.25, 0.3) is 0 Å². The number of amides is 1. The van der Waals surface area contributed by atoms with Gasteiger partial charge >= 0.3 is 6.18 Å². The highest BCUT2D eigenvalue weighted by atomic mass is 32.2. The van der Waals surface area contributed by atoms with E-state index >= 15 is 0 Å². The third-order valence-electron chi connectivity index (χ3n) is 3.52. The fraction of sp³-hybridized carbons (Fsp3) is 0.400. The number of nitrogens with two attached hydrogens (primary N) is 1. The minimum absolute atomic E-state index is 0.0866. The Kier molecular flexibility index (Phi) is 5.93. The molecule has 0 bridgehead atoms. The van der Waals surface area contributed by atoms with Crippen LogP contribution in [-0.2, 0) is 23.9 Å². The number of nitrogens with zero attached hydrogens (tertiary/aromatic N) is 4. The molecule has 0 aliphatic rings. The SMILES string of the molecule is CCc1ccc(CN(C)C(=O)CSc2nnc(C(F)(F)F)n2N)cc1. The van der Waals surface area contributed by atoms with E-state index in [0.717, 1.165) is 23.7 Å². The maximum atomic E-state index is 12.6. The number of hydrogen-bond donors (Lipinski definition) is 1. The van der Waals surface area contributed by atoms with Gasteiger partial charge in [-0.25, -0.2) is 4.68 Å². The van der Waals surface area contributed by atoms with E-state index in [1.165, 1.54) is 10.5 Å². The van der Waals surface area contributed by atoms with Crippen molar-refractivity contribution >= 4 is 17.7 Å². The van der Waals surface area contributed by atoms with Crippen molar-refractivity contribution in [3.8, 4) is 0 Å². The predicted octanol–water partition coefficient (Wildman–Crippen LogP) is 2.32. The van der Waals surface area contributed by atoms with Gasteiger partial charge in [0.2, 0.25) is 11.1 Å². The largest absolute Gasteiger partial charge is 0.453 e. The molecule has 0 fully saturated rings. The number of alkyl halides is 3. The average Bonchev–Trinajstić information content (AvgIpc) is 2.94. The molecule has 0 aliphatic heterocycles. The Morgan fingerprint density at radius 1 is 1.24 bits per heavy atom. The van der Waals surface area contributed by atoms with E-state index in [4.69, 9.17) is 5.84 Å². The molecule has 10 heteroatoms. The van der Waals surface area contributed by atoms with Crippen LogP contribution in [0.5, 0.6) is 0 Å². The van der Waals surface area contributed by atoms with Gasteiger partial charge in [0, 0.05) is 13.6 Å². The molecular formula is C15H18F3N5OS. The van der Waals surface area contributed by atoms with Crippen LogP contribution in [0.15, 0.2) is 29.4 Å². The third kappa shape index (κ3) is 4.88. The molecule has 0 spiro atoms. The smallest absolute Gasteiger partial charge is 0.341 e. The number of halogens is 3. The van der Waals surface area contributed by atoms with E-state index in [-0.39, 0.29) is 16.8 Å². The zero-order valence-corrected chi connectivity index (χ0v) is 14.6. The number of aryl methyl sites for hydroxylation is 1. The van der Waals surface area contributed by atoms with Crippen molar-refractivity contribution in [2.24, 2.45) is 0 Å². The molecule has 2 aromatic rings. The topological polar surface area (TPSA) is 77.0 Å². The molecule has 2 rings (SSSR count). The molecule has 136 valence electrons. The molecule has 2 N–H and O–H groups in total. The van der Waals surface area contributed by atoms with Crippen LogP contribution in [-0.4, -0.2) is 38.5 Å². The van der Waals surface area contributed by atoms with Gasteiger partial charge in [-0.1, -0.05) is 43.0 Å². The van der Waals surface area contributed by atoms with Crippen molar-refractivity contribution in [3.63, 3.8) is 0 Å². The molecule has 0 saturated carbocycles. The minimum atomic E-state index is -4.69. The van der Waals surface area contributed by atoms with E-state index in [0.29, 0.717) is 11.2 Å². The Balaban J connectivity index is 1.92. The van der Waals surface area contributed by atoms with Gasteiger partial charge in [-0.05, 0) is 17.5 Å². The number of aromatic nitrogens is 3. The number of thioether (sulfide) groups is 1. The molecule has 1 aromatic heterocycles. The second-order valence-electron chi connectivity index (χ2n) is 5.38. The first kappa shape index (κ1) is 19.1. The molecule has 1 aromatic carbocycles. The zero-order valence-electron chi connectivity index (χ0n) is 13.7. The fourth-order valence-electron chi connectivity index (χ4n) is 2.05. The van der Waals surface area contributed by atoms with Gasteiger partial charge in [0.15, 0.2) is 0 Å². The summed E-state index contributed by atoms with van der Waals surface area (Å²) in [5.74, 6) is 3.69. The summed E-state index contributed by atoms with van der Waals surface area (Å²) >= 11 is 0.810. The molecule has 6 nitrogen and oxygen atoms in total. The van der Waals surface area contributed by atoms with Crippen LogP contribution in [0.3, 0.4) is 0 Å². The summed E-state index contributed by atoms with van der Waals surface area (Å²) in [5, 5.41) is 6.22. The highest BCUT2D eigenvalue weighted by Gasteiger charge is 2.38. The van der Waals surface area contributed by atoms with E-state index in [1.807, 2.05) is 24.3 Å². The second-order valence-corrected chi connectivity index (χ2v) is 6.32. The zero-order chi connectivity index (χ0) is 18.6. The highest BCUT2D eigenvalue weighted by Crippen LogP contribution is 2.28. The number of rotatable bonds is 6. The van der Waals surface area contributed by atoms with E-state index in [1.54, 1.807) is 7.05 Å². The lowest BCUT2D eigenvalue weighted by molar-refractivity contribution is -0.146. The lowest BCUT2D eigenvalue weighted by Gasteiger charge is -2.17. The quantitative estimate of drug-likeness (QED) is 0.621. The summed E-state index contributed by atoms with van der Waals surface area (Å²) in [6.07, 6.45) is -3.75. The number of carbonyl (C=O) groups excluding carboxylic acids is 1. The molecule has 1 heterocycles. The second kappa shape index (κ2) is 7.77. The molecule has 0 aliphatic carbocycles. The summed E-state index contributed by atoms with van der Waals surface area (Å²) in [4.78, 5) is 13.6. The van der Waals surface area contributed by atoms with Gasteiger partial charge < -0.3 is 10.7 Å². The van der Waals surface area contributed by atoms with Gasteiger partial charge in [-0.3, -0.25) is 4.79 Å². The number of hydrogen-bond acceptors (Lipinski definition) is 5. The molecule has 0 atom stereocenters. The molecule has 0 radical (unpaired) electrons. The monoisotopic (exact) mass is 373 g/mol. The van der Waals surface area contributed by atoms with Gasteiger partial charge in [0.05, 0.1) is 5.75 Å². The Morgan fingerprint density at radius 2 is 1.84 bits per heavy atom. The summed E-state index contributed by atoms with van der Waals surface area (Å²) in [6, 6.07) is 7.89. The maximum Gasteiger partial charge on any atom is 0.453 e. The summed E-state index contributed by atoms with van der Waals surface area (Å²) in [6.45, 7) is 2.47. The molecule has 25 heavy (non-hydrogen) atoms. The molecular weight excluding hydrogens is 355 g/mol. The number of carbonyl (C=O) groups is 1. The van der Waals surface area contributed by atoms with Crippen LogP contribution in [0.4, 0.5) is 13.2 Å². The number of nitrogen functional groups attached to an aromatic ring is 1. The summed E-state index contributed by atoms with van der Waals surface area (Å²) < 4.78 is 38.1. The standard InChI is InChI=1S/C15H18F3N5OS/c1-3-10-4-6-11(7-5-10)8-22(2)12(24)9-25-14-21-20-13(23(14)19)15(16,17)18/h4-7H,3,8-9,19H2,1-2H3. The van der Waals surface area contributed by atoms with Gasteiger partial charge in [0.1, 0.15) is 0 Å².